The number of carbonyl (C=O) groups excluding carboxylic acids is 1. The molecule has 1 aromatic carbocycles. The van der Waals surface area contributed by atoms with Gasteiger partial charge in [-0.2, -0.15) is 0 Å². The van der Waals surface area contributed by atoms with Crippen LogP contribution in [0.3, 0.4) is 0 Å². The van der Waals surface area contributed by atoms with E-state index in [2.05, 4.69) is 17.3 Å². The molecule has 0 radical (unpaired) electrons. The van der Waals surface area contributed by atoms with Crippen molar-refractivity contribution < 1.29 is 17.9 Å². The zero-order valence-electron chi connectivity index (χ0n) is 16.5. The number of rotatable bonds is 4. The summed E-state index contributed by atoms with van der Waals surface area (Å²) in [5.74, 6) is -0.220. The summed E-state index contributed by atoms with van der Waals surface area (Å²) in [6.45, 7) is 4.66. The number of likely N-dealkylation sites (N-methyl/N-ethyl adjacent to an activating group) is 1. The van der Waals surface area contributed by atoms with Gasteiger partial charge in [0.1, 0.15) is 0 Å². The van der Waals surface area contributed by atoms with E-state index in [1.807, 2.05) is 6.07 Å². The molecule has 2 aliphatic heterocycles. The zero-order valence-corrected chi connectivity index (χ0v) is 17.3. The normalized spacial score (nSPS) is 25.9. The number of amides is 1. The number of morpholine rings is 1. The molecule has 2 aliphatic rings. The summed E-state index contributed by atoms with van der Waals surface area (Å²) in [5.41, 5.74) is 0.940. The second-order valence-electron chi connectivity index (χ2n) is 8.10. The summed E-state index contributed by atoms with van der Waals surface area (Å²) >= 11 is 0. The highest BCUT2D eigenvalue weighted by molar-refractivity contribution is 7.90. The van der Waals surface area contributed by atoms with E-state index in [-0.39, 0.29) is 11.9 Å². The molecule has 0 unspecified atom stereocenters. The molecule has 3 atom stereocenters. The Morgan fingerprint density at radius 1 is 1.18 bits per heavy atom. The molecule has 8 heteroatoms. The number of carbonyl (C=O) groups is 1. The first kappa shape index (κ1) is 19.4. The molecule has 3 heterocycles. The van der Waals surface area contributed by atoms with Crippen LogP contribution in [-0.2, 0) is 14.8 Å². The molecule has 1 N–H and O–H groups in total. The van der Waals surface area contributed by atoms with Crippen molar-refractivity contribution >= 4 is 26.8 Å². The lowest BCUT2D eigenvalue weighted by molar-refractivity contribution is -0.0670. The molecule has 0 aliphatic carbocycles. The summed E-state index contributed by atoms with van der Waals surface area (Å²) in [5, 5.41) is 3.22. The van der Waals surface area contributed by atoms with E-state index in [1.165, 1.54) is 10.2 Å². The Bertz CT molecular complexity index is 984. The van der Waals surface area contributed by atoms with Gasteiger partial charge in [0.15, 0.2) is 0 Å². The van der Waals surface area contributed by atoms with Crippen molar-refractivity contribution in [2.75, 3.05) is 20.3 Å². The summed E-state index contributed by atoms with van der Waals surface area (Å²) in [4.78, 5) is 15.4. The number of fused-ring (bicyclic) bond motifs is 3. The van der Waals surface area contributed by atoms with Crippen LogP contribution in [0.1, 0.15) is 37.0 Å². The molecule has 0 saturated carbocycles. The van der Waals surface area contributed by atoms with Gasteiger partial charge in [0.25, 0.3) is 5.91 Å². The van der Waals surface area contributed by atoms with Gasteiger partial charge >= 0.3 is 0 Å². The Kier molecular flexibility index (Phi) is 4.97. The Hall–Kier alpha value is -1.90. The number of nitrogens with zero attached hydrogens (tertiary/aromatic N) is 2. The van der Waals surface area contributed by atoms with Crippen molar-refractivity contribution in [1.29, 1.82) is 0 Å². The van der Waals surface area contributed by atoms with Crippen LogP contribution in [0, 0.1) is 0 Å². The Morgan fingerprint density at radius 3 is 2.46 bits per heavy atom. The van der Waals surface area contributed by atoms with E-state index in [4.69, 9.17) is 4.74 Å². The molecule has 4 rings (SSSR count). The molecule has 7 nitrogen and oxygen atoms in total. The summed E-state index contributed by atoms with van der Waals surface area (Å²) in [6, 6.07) is 7.82. The third kappa shape index (κ3) is 3.23. The quantitative estimate of drug-likeness (QED) is 0.839. The van der Waals surface area contributed by atoms with Gasteiger partial charge in [-0.25, -0.2) is 12.4 Å². The number of benzene rings is 1. The third-order valence-electron chi connectivity index (χ3n) is 6.01. The Balaban J connectivity index is 1.63. The van der Waals surface area contributed by atoms with Gasteiger partial charge in [-0.05, 0) is 39.8 Å². The predicted octanol–water partition coefficient (Wildman–Crippen LogP) is 1.82. The molecule has 28 heavy (non-hydrogen) atoms. The Morgan fingerprint density at radius 2 is 1.82 bits per heavy atom. The average Bonchev–Trinajstić information content (AvgIpc) is 3.03. The number of para-hydroxylation sites is 1. The average molecular weight is 406 g/mol. The smallest absolute Gasteiger partial charge is 0.253 e. The molecule has 0 spiro atoms. The lowest BCUT2D eigenvalue weighted by Crippen LogP contribution is -2.59. The summed E-state index contributed by atoms with van der Waals surface area (Å²) in [6.07, 6.45) is 3.14. The summed E-state index contributed by atoms with van der Waals surface area (Å²) in [7, 11) is -1.44. The van der Waals surface area contributed by atoms with E-state index in [1.54, 1.807) is 32.0 Å². The molecule has 2 fully saturated rings. The summed E-state index contributed by atoms with van der Waals surface area (Å²) < 4.78 is 32.4. The van der Waals surface area contributed by atoms with Gasteiger partial charge in [-0.3, -0.25) is 9.69 Å². The van der Waals surface area contributed by atoms with Crippen molar-refractivity contribution in [2.45, 2.75) is 50.1 Å². The second kappa shape index (κ2) is 7.17. The van der Waals surface area contributed by atoms with Crippen molar-refractivity contribution in [3.05, 3.63) is 36.0 Å². The SMILES string of the molecule is CC(C)S(=O)(=O)n1cc(C(=O)N[C@H]2C[C@H]3COC[C@@H](C2)N3C)c2ccccc21. The maximum Gasteiger partial charge on any atom is 0.253 e. The van der Waals surface area contributed by atoms with Gasteiger partial charge in [0.05, 0.1) is 29.5 Å². The molecular weight excluding hydrogens is 378 g/mol. The van der Waals surface area contributed by atoms with Crippen LogP contribution in [0.5, 0.6) is 0 Å². The first-order valence-corrected chi connectivity index (χ1v) is 11.2. The van der Waals surface area contributed by atoms with Crippen molar-refractivity contribution in [3.8, 4) is 0 Å². The van der Waals surface area contributed by atoms with E-state index in [0.29, 0.717) is 41.8 Å². The second-order valence-corrected chi connectivity index (χ2v) is 10.5. The number of ether oxygens (including phenoxy) is 1. The van der Waals surface area contributed by atoms with E-state index >= 15 is 0 Å². The fourth-order valence-electron chi connectivity index (χ4n) is 4.24. The molecular formula is C20H27N3O4S. The van der Waals surface area contributed by atoms with E-state index in [9.17, 15) is 13.2 Å². The fraction of sp³-hybridized carbons (Fsp3) is 0.550. The minimum atomic E-state index is -3.56. The lowest BCUT2D eigenvalue weighted by Gasteiger charge is -2.46. The molecule has 1 aromatic heterocycles. The van der Waals surface area contributed by atoms with Gasteiger partial charge in [-0.1, -0.05) is 18.2 Å². The molecule has 2 bridgehead atoms. The number of aromatic nitrogens is 1. The van der Waals surface area contributed by atoms with Crippen LogP contribution < -0.4 is 5.32 Å². The van der Waals surface area contributed by atoms with Gasteiger partial charge in [0.2, 0.25) is 10.0 Å². The minimum Gasteiger partial charge on any atom is -0.378 e. The highest BCUT2D eigenvalue weighted by atomic mass is 32.2. The van der Waals surface area contributed by atoms with Gasteiger partial charge in [-0.15, -0.1) is 0 Å². The first-order chi connectivity index (χ1) is 13.3. The van der Waals surface area contributed by atoms with Crippen LogP contribution in [0.15, 0.2) is 30.5 Å². The first-order valence-electron chi connectivity index (χ1n) is 9.74. The number of nitrogens with one attached hydrogen (secondary N) is 1. The maximum atomic E-state index is 13.1. The van der Waals surface area contributed by atoms with Crippen molar-refractivity contribution in [3.63, 3.8) is 0 Å². The fourth-order valence-corrected chi connectivity index (χ4v) is 5.38. The molecule has 2 aromatic rings. The van der Waals surface area contributed by atoms with Gasteiger partial charge < -0.3 is 10.1 Å². The van der Waals surface area contributed by atoms with Crippen LogP contribution >= 0.6 is 0 Å². The van der Waals surface area contributed by atoms with Gasteiger partial charge in [0, 0.05) is 29.7 Å². The molecule has 2 saturated heterocycles. The molecule has 1 amide bonds. The monoisotopic (exact) mass is 405 g/mol. The lowest BCUT2D eigenvalue weighted by atomic mass is 9.90. The highest BCUT2D eigenvalue weighted by Gasteiger charge is 2.37. The Labute approximate surface area is 165 Å². The van der Waals surface area contributed by atoms with Crippen LogP contribution in [0.2, 0.25) is 0 Å². The molecule has 152 valence electrons. The number of hydrogen-bond acceptors (Lipinski definition) is 5. The highest BCUT2D eigenvalue weighted by Crippen LogP contribution is 2.28. The third-order valence-corrected chi connectivity index (χ3v) is 8.06. The van der Waals surface area contributed by atoms with Crippen LogP contribution in [0.4, 0.5) is 0 Å². The number of piperidine rings is 1. The minimum absolute atomic E-state index is 0.0615. The topological polar surface area (TPSA) is 80.6 Å². The van der Waals surface area contributed by atoms with E-state index < -0.39 is 15.3 Å². The zero-order chi connectivity index (χ0) is 20.1. The van der Waals surface area contributed by atoms with Crippen molar-refractivity contribution in [2.24, 2.45) is 0 Å². The van der Waals surface area contributed by atoms with E-state index in [0.717, 1.165) is 12.8 Å². The standard InChI is InChI=1S/C20H27N3O4S/c1-13(2)28(25,26)23-10-18(17-6-4-5-7-19(17)23)20(24)21-14-8-15-11-27-12-16(9-14)22(15)3/h4-7,10,13-16H,8-9,11-12H2,1-3H3,(H,21,24)/t14-,15-,16+. The number of hydrogen-bond donors (Lipinski definition) is 1. The van der Waals surface area contributed by atoms with Crippen molar-refractivity contribution in [1.82, 2.24) is 14.2 Å². The van der Waals surface area contributed by atoms with Crippen LogP contribution in [0.25, 0.3) is 10.9 Å². The maximum absolute atomic E-state index is 13.1. The largest absolute Gasteiger partial charge is 0.378 e. The van der Waals surface area contributed by atoms with Crippen LogP contribution in [-0.4, -0.2) is 66.8 Å². The predicted molar refractivity (Wildman–Crippen MR) is 108 cm³/mol.